The van der Waals surface area contributed by atoms with E-state index in [4.69, 9.17) is 11.5 Å². The second kappa shape index (κ2) is 8.66. The Kier molecular flexibility index (Phi) is 6.53. The molecule has 0 radical (unpaired) electrons. The van der Waals surface area contributed by atoms with Crippen molar-refractivity contribution in [2.24, 2.45) is 11.5 Å². The highest BCUT2D eigenvalue weighted by atomic mass is 19.1. The van der Waals surface area contributed by atoms with E-state index in [9.17, 15) is 23.2 Å². The molecule has 2 amide bonds. The lowest BCUT2D eigenvalue weighted by molar-refractivity contribution is -0.137. The first-order chi connectivity index (χ1) is 13.1. The fourth-order valence-corrected chi connectivity index (χ4v) is 2.73. The molecule has 1 heterocycles. The van der Waals surface area contributed by atoms with E-state index in [0.717, 1.165) is 12.1 Å². The highest BCUT2D eigenvalue weighted by Crippen LogP contribution is 2.13. The number of hydrogen-bond donors (Lipinski definition) is 3. The number of benzene rings is 1. The lowest BCUT2D eigenvalue weighted by Gasteiger charge is -2.27. The molecular formula is C19H20F2N4O3. The van der Waals surface area contributed by atoms with Gasteiger partial charge in [-0.2, -0.15) is 0 Å². The van der Waals surface area contributed by atoms with Gasteiger partial charge >= 0.3 is 0 Å². The number of primary amides is 1. The molecule has 2 aromatic rings. The van der Waals surface area contributed by atoms with Crippen molar-refractivity contribution in [3.63, 3.8) is 0 Å². The first-order valence-electron chi connectivity index (χ1n) is 8.39. The summed E-state index contributed by atoms with van der Waals surface area (Å²) < 4.78 is 26.4. The molecule has 5 N–H and O–H groups in total. The summed E-state index contributed by atoms with van der Waals surface area (Å²) in [5, 5.41) is 2.37. The predicted molar refractivity (Wildman–Crippen MR) is 96.7 cm³/mol. The molecule has 1 aromatic heterocycles. The van der Waals surface area contributed by atoms with Crippen LogP contribution in [0.4, 0.5) is 8.78 Å². The number of pyridine rings is 1. The number of nitrogens with one attached hydrogen (secondary N) is 1. The summed E-state index contributed by atoms with van der Waals surface area (Å²) in [6, 6.07) is 6.44. The van der Waals surface area contributed by atoms with Gasteiger partial charge in [-0.15, -0.1) is 0 Å². The number of carbonyl (C=O) groups excluding carboxylic acids is 3. The fraction of sp³-hybridized carbons (Fsp3) is 0.263. The van der Waals surface area contributed by atoms with E-state index in [2.05, 4.69) is 10.3 Å². The van der Waals surface area contributed by atoms with E-state index >= 15 is 0 Å². The minimum Gasteiger partial charge on any atom is -0.368 e. The van der Waals surface area contributed by atoms with E-state index in [1.54, 1.807) is 18.2 Å². The number of ketones is 1. The second-order valence-corrected chi connectivity index (χ2v) is 6.44. The SMILES string of the molecule is C[C@H](NC(=O)Cc1cc(F)cc(F)c1)C(=O)C(N)(Cc1ccccn1)C(N)=O. The minimum absolute atomic E-state index is 0.0945. The van der Waals surface area contributed by atoms with Crippen LogP contribution in [-0.4, -0.2) is 34.2 Å². The number of Topliss-reactive ketones (excluding diaryl/α,β-unsaturated/α-hetero) is 1. The van der Waals surface area contributed by atoms with E-state index < -0.39 is 40.8 Å². The number of aromatic nitrogens is 1. The molecule has 9 heteroatoms. The summed E-state index contributed by atoms with van der Waals surface area (Å²) in [4.78, 5) is 40.7. The van der Waals surface area contributed by atoms with Crippen LogP contribution in [0.1, 0.15) is 18.2 Å². The highest BCUT2D eigenvalue weighted by molar-refractivity contribution is 6.12. The Balaban J connectivity index is 2.09. The molecule has 0 spiro atoms. The molecule has 2 rings (SSSR count). The number of nitrogens with two attached hydrogens (primary N) is 2. The van der Waals surface area contributed by atoms with Crippen LogP contribution in [0.5, 0.6) is 0 Å². The Morgan fingerprint density at radius 2 is 1.82 bits per heavy atom. The molecule has 0 fully saturated rings. The van der Waals surface area contributed by atoms with Gasteiger partial charge in [0.1, 0.15) is 11.6 Å². The lowest BCUT2D eigenvalue weighted by Crippen LogP contribution is -2.64. The molecule has 148 valence electrons. The van der Waals surface area contributed by atoms with Crippen LogP contribution in [0.25, 0.3) is 0 Å². The maximum atomic E-state index is 13.2. The predicted octanol–water partition coefficient (Wildman–Crippen LogP) is 0.402. The van der Waals surface area contributed by atoms with Crippen molar-refractivity contribution < 1.29 is 23.2 Å². The molecule has 0 aliphatic rings. The third kappa shape index (κ3) is 5.17. The Bertz CT molecular complexity index is 872. The maximum Gasteiger partial charge on any atom is 0.245 e. The van der Waals surface area contributed by atoms with Crippen LogP contribution in [0, 0.1) is 11.6 Å². The van der Waals surface area contributed by atoms with Crippen LogP contribution < -0.4 is 16.8 Å². The molecule has 0 saturated heterocycles. The Hall–Kier alpha value is -3.20. The number of rotatable bonds is 8. The zero-order valence-electron chi connectivity index (χ0n) is 15.1. The smallest absolute Gasteiger partial charge is 0.245 e. The van der Waals surface area contributed by atoms with Crippen LogP contribution in [0.2, 0.25) is 0 Å². The monoisotopic (exact) mass is 390 g/mol. The number of hydrogen-bond acceptors (Lipinski definition) is 5. The van der Waals surface area contributed by atoms with E-state index in [1.165, 1.54) is 13.1 Å². The number of amides is 2. The Labute approximate surface area is 160 Å². The van der Waals surface area contributed by atoms with Gasteiger partial charge in [-0.3, -0.25) is 19.4 Å². The van der Waals surface area contributed by atoms with Crippen molar-refractivity contribution in [3.8, 4) is 0 Å². The summed E-state index contributed by atoms with van der Waals surface area (Å²) in [7, 11) is 0. The first-order valence-corrected chi connectivity index (χ1v) is 8.39. The number of halogens is 2. The van der Waals surface area contributed by atoms with Gasteiger partial charge < -0.3 is 16.8 Å². The molecular weight excluding hydrogens is 370 g/mol. The van der Waals surface area contributed by atoms with Gasteiger partial charge in [0.05, 0.1) is 12.5 Å². The first kappa shape index (κ1) is 21.1. The standard InChI is InChI=1S/C19H20F2N4O3/c1-11(25-16(26)8-12-6-13(20)9-14(21)7-12)17(27)19(23,18(22)28)10-15-4-2-3-5-24-15/h2-7,9,11H,8,10,23H2,1H3,(H2,22,28)(H,25,26)/t11-,19?/m0/s1. The lowest BCUT2D eigenvalue weighted by atomic mass is 9.85. The second-order valence-electron chi connectivity index (χ2n) is 6.44. The van der Waals surface area contributed by atoms with Crippen LogP contribution in [0.3, 0.4) is 0 Å². The number of nitrogens with zero attached hydrogens (tertiary/aromatic N) is 1. The molecule has 2 atom stereocenters. The third-order valence-electron chi connectivity index (χ3n) is 4.12. The fourth-order valence-electron chi connectivity index (χ4n) is 2.73. The van der Waals surface area contributed by atoms with Gasteiger partial charge in [-0.05, 0) is 36.8 Å². The van der Waals surface area contributed by atoms with Crippen molar-refractivity contribution in [1.82, 2.24) is 10.3 Å². The summed E-state index contributed by atoms with van der Waals surface area (Å²) >= 11 is 0. The average molecular weight is 390 g/mol. The molecule has 0 aliphatic carbocycles. The molecule has 1 aromatic carbocycles. The summed E-state index contributed by atoms with van der Waals surface area (Å²) in [6.45, 7) is 1.34. The highest BCUT2D eigenvalue weighted by Gasteiger charge is 2.43. The van der Waals surface area contributed by atoms with Crippen LogP contribution >= 0.6 is 0 Å². The summed E-state index contributed by atoms with van der Waals surface area (Å²) in [5.74, 6) is -4.18. The van der Waals surface area contributed by atoms with Crippen molar-refractivity contribution >= 4 is 17.6 Å². The van der Waals surface area contributed by atoms with Crippen molar-refractivity contribution in [1.29, 1.82) is 0 Å². The van der Waals surface area contributed by atoms with Crippen molar-refractivity contribution in [3.05, 3.63) is 65.5 Å². The van der Waals surface area contributed by atoms with E-state index in [1.807, 2.05) is 0 Å². The van der Waals surface area contributed by atoms with Gasteiger partial charge in [0.15, 0.2) is 11.3 Å². The summed E-state index contributed by atoms with van der Waals surface area (Å²) in [5.41, 5.74) is 9.70. The molecule has 28 heavy (non-hydrogen) atoms. The normalized spacial score (nSPS) is 14.0. The van der Waals surface area contributed by atoms with Gasteiger partial charge in [0.2, 0.25) is 11.8 Å². The molecule has 0 saturated carbocycles. The topological polar surface area (TPSA) is 128 Å². The molecule has 1 unspecified atom stereocenters. The zero-order chi connectivity index (χ0) is 20.9. The van der Waals surface area contributed by atoms with Crippen LogP contribution in [0.15, 0.2) is 42.6 Å². The Morgan fingerprint density at radius 1 is 1.18 bits per heavy atom. The zero-order valence-corrected chi connectivity index (χ0v) is 15.1. The quantitative estimate of drug-likeness (QED) is 0.562. The average Bonchev–Trinajstić information content (AvgIpc) is 2.60. The minimum atomic E-state index is -2.08. The third-order valence-corrected chi connectivity index (χ3v) is 4.12. The number of carbonyl (C=O) groups is 3. The van der Waals surface area contributed by atoms with Gasteiger partial charge in [0, 0.05) is 24.4 Å². The van der Waals surface area contributed by atoms with Crippen LogP contribution in [-0.2, 0) is 27.2 Å². The maximum absolute atomic E-state index is 13.2. The molecule has 7 nitrogen and oxygen atoms in total. The molecule has 0 bridgehead atoms. The van der Waals surface area contributed by atoms with E-state index in [-0.39, 0.29) is 18.4 Å². The van der Waals surface area contributed by atoms with Gasteiger partial charge in [0.25, 0.3) is 0 Å². The van der Waals surface area contributed by atoms with Gasteiger partial charge in [-0.25, -0.2) is 8.78 Å². The van der Waals surface area contributed by atoms with Crippen molar-refractivity contribution in [2.45, 2.75) is 31.3 Å². The van der Waals surface area contributed by atoms with Crippen molar-refractivity contribution in [2.75, 3.05) is 0 Å². The summed E-state index contributed by atoms with van der Waals surface area (Å²) in [6.07, 6.45) is 0.878. The van der Waals surface area contributed by atoms with Gasteiger partial charge in [-0.1, -0.05) is 6.07 Å². The van der Waals surface area contributed by atoms with E-state index in [0.29, 0.717) is 11.8 Å². The Morgan fingerprint density at radius 3 is 2.36 bits per heavy atom. The molecule has 0 aliphatic heterocycles. The largest absolute Gasteiger partial charge is 0.368 e.